The van der Waals surface area contributed by atoms with Crippen molar-refractivity contribution < 1.29 is 19.4 Å². The Hall–Kier alpha value is -0.650. The maximum atomic E-state index is 10.7. The molecule has 0 saturated carbocycles. The van der Waals surface area contributed by atoms with E-state index in [-0.39, 0.29) is 17.6 Å². The van der Waals surface area contributed by atoms with E-state index in [2.05, 4.69) is 34.6 Å². The van der Waals surface area contributed by atoms with Crippen LogP contribution in [0, 0.1) is 11.8 Å². The number of hydrogen-bond donors (Lipinski definition) is 2. The topological polar surface area (TPSA) is 81.8 Å². The number of rotatable bonds is 10. The molecule has 0 heterocycles. The molecule has 22 heavy (non-hydrogen) atoms. The minimum absolute atomic E-state index is 0.218. The van der Waals surface area contributed by atoms with Crippen LogP contribution in [0.3, 0.4) is 0 Å². The molecule has 5 nitrogen and oxygen atoms in total. The van der Waals surface area contributed by atoms with Gasteiger partial charge in [0, 0.05) is 0 Å². The Labute approximate surface area is 135 Å². The van der Waals surface area contributed by atoms with Crippen LogP contribution in [-0.2, 0) is 14.3 Å². The minimum atomic E-state index is -1.15. The summed E-state index contributed by atoms with van der Waals surface area (Å²) in [7, 11) is 0. The average Bonchev–Trinajstić information content (AvgIpc) is 2.23. The van der Waals surface area contributed by atoms with Crippen molar-refractivity contribution in [3.63, 3.8) is 0 Å². The molecule has 0 aromatic rings. The van der Waals surface area contributed by atoms with E-state index in [4.69, 9.17) is 20.3 Å². The van der Waals surface area contributed by atoms with E-state index in [1.807, 2.05) is 13.8 Å². The van der Waals surface area contributed by atoms with Crippen LogP contribution < -0.4 is 5.73 Å². The molecule has 0 spiro atoms. The summed E-state index contributed by atoms with van der Waals surface area (Å²) in [5.74, 6) is -0.0168. The fraction of sp³-hybridized carbons (Fsp3) is 0.941. The molecule has 0 aromatic heterocycles. The van der Waals surface area contributed by atoms with Crippen molar-refractivity contribution in [2.45, 2.75) is 85.2 Å². The number of ether oxygens (including phenoxy) is 2. The molecular formula is C17H35NO4. The summed E-state index contributed by atoms with van der Waals surface area (Å²) < 4.78 is 11.8. The monoisotopic (exact) mass is 317 g/mol. The summed E-state index contributed by atoms with van der Waals surface area (Å²) in [5.41, 5.74) is 4.05. The van der Waals surface area contributed by atoms with Crippen LogP contribution in [0.1, 0.15) is 68.2 Å². The van der Waals surface area contributed by atoms with Crippen molar-refractivity contribution in [2.75, 3.05) is 6.61 Å². The van der Waals surface area contributed by atoms with E-state index < -0.39 is 11.7 Å². The van der Waals surface area contributed by atoms with Crippen molar-refractivity contribution in [1.29, 1.82) is 0 Å². The molecule has 0 aliphatic rings. The van der Waals surface area contributed by atoms with Crippen molar-refractivity contribution in [3.05, 3.63) is 0 Å². The Kier molecular flexibility index (Phi) is 7.52. The van der Waals surface area contributed by atoms with E-state index in [0.717, 1.165) is 0 Å². The van der Waals surface area contributed by atoms with E-state index >= 15 is 0 Å². The fourth-order valence-corrected chi connectivity index (χ4v) is 2.54. The van der Waals surface area contributed by atoms with Gasteiger partial charge in [0.25, 0.3) is 0 Å². The van der Waals surface area contributed by atoms with Crippen LogP contribution in [0.2, 0.25) is 0 Å². The second-order valence-electron chi connectivity index (χ2n) is 7.98. The van der Waals surface area contributed by atoms with E-state index in [0.29, 0.717) is 24.9 Å². The van der Waals surface area contributed by atoms with Crippen LogP contribution in [0.4, 0.5) is 0 Å². The van der Waals surface area contributed by atoms with E-state index in [9.17, 15) is 4.79 Å². The van der Waals surface area contributed by atoms with Crippen molar-refractivity contribution >= 4 is 5.97 Å². The molecule has 132 valence electrons. The number of nitrogens with two attached hydrogens (primary N) is 1. The van der Waals surface area contributed by atoms with Crippen molar-refractivity contribution in [1.82, 2.24) is 0 Å². The summed E-state index contributed by atoms with van der Waals surface area (Å²) in [5, 5.41) is 8.79. The lowest BCUT2D eigenvalue weighted by atomic mass is 9.83. The highest BCUT2D eigenvalue weighted by molar-refractivity contribution is 5.67. The van der Waals surface area contributed by atoms with E-state index in [1.165, 1.54) is 0 Å². The predicted molar refractivity (Wildman–Crippen MR) is 88.7 cm³/mol. The van der Waals surface area contributed by atoms with Gasteiger partial charge in [0.2, 0.25) is 0 Å². The molecule has 1 unspecified atom stereocenters. The molecule has 0 aromatic carbocycles. The number of carbonyl (C=O) groups is 1. The number of carboxylic acid groups (broad SMARTS) is 1. The summed E-state index contributed by atoms with van der Waals surface area (Å²) in [4.78, 5) is 10.7. The Morgan fingerprint density at radius 3 is 2.05 bits per heavy atom. The van der Waals surface area contributed by atoms with Crippen LogP contribution in [0.25, 0.3) is 0 Å². The van der Waals surface area contributed by atoms with Gasteiger partial charge in [0.15, 0.2) is 0 Å². The van der Waals surface area contributed by atoms with Crippen molar-refractivity contribution in [3.8, 4) is 0 Å². The summed E-state index contributed by atoms with van der Waals surface area (Å²) in [6.07, 6.45) is 0.428. The van der Waals surface area contributed by atoms with Gasteiger partial charge in [0.05, 0.1) is 24.2 Å². The highest BCUT2D eigenvalue weighted by Crippen LogP contribution is 2.33. The standard InChI is InChI=1S/C17H35NO4/c1-12(2)13(3)16(6,7)22-15(4,5)9-10-21-17(8,18)11-14(19)20/h12-13H,9-11,18H2,1-8H3,(H,19,20)/t13-,17?/m1/s1. The molecular weight excluding hydrogens is 282 g/mol. The van der Waals surface area contributed by atoms with Crippen LogP contribution in [0.15, 0.2) is 0 Å². The van der Waals surface area contributed by atoms with Gasteiger partial charge < -0.3 is 20.3 Å². The first-order valence-electron chi connectivity index (χ1n) is 8.03. The third kappa shape index (κ3) is 8.11. The number of hydrogen-bond acceptors (Lipinski definition) is 4. The highest BCUT2D eigenvalue weighted by atomic mass is 16.5. The quantitative estimate of drug-likeness (QED) is 0.603. The molecule has 0 bridgehead atoms. The summed E-state index contributed by atoms with van der Waals surface area (Å²) in [6, 6.07) is 0. The van der Waals surface area contributed by atoms with Gasteiger partial charge in [-0.1, -0.05) is 20.8 Å². The predicted octanol–water partition coefficient (Wildman–Crippen LogP) is 3.41. The third-order valence-electron chi connectivity index (χ3n) is 4.27. The van der Waals surface area contributed by atoms with Gasteiger partial charge >= 0.3 is 5.97 Å². The van der Waals surface area contributed by atoms with Gasteiger partial charge in [-0.25, -0.2) is 0 Å². The second-order valence-corrected chi connectivity index (χ2v) is 7.98. The first-order valence-corrected chi connectivity index (χ1v) is 8.03. The Morgan fingerprint density at radius 2 is 1.64 bits per heavy atom. The molecule has 0 fully saturated rings. The molecule has 5 heteroatoms. The van der Waals surface area contributed by atoms with E-state index in [1.54, 1.807) is 6.92 Å². The molecule has 0 saturated heterocycles. The SMILES string of the molecule is CC(C)[C@@H](C)C(C)(C)OC(C)(C)CCOC(C)(N)CC(=O)O. The van der Waals surface area contributed by atoms with Gasteiger partial charge in [-0.2, -0.15) is 0 Å². The normalized spacial score (nSPS) is 17.4. The maximum Gasteiger partial charge on any atom is 0.307 e. The van der Waals surface area contributed by atoms with Gasteiger partial charge in [0.1, 0.15) is 5.72 Å². The Balaban J connectivity index is 4.50. The number of aliphatic carboxylic acids is 1. The Bertz CT molecular complexity index is 362. The van der Waals surface area contributed by atoms with Crippen molar-refractivity contribution in [2.24, 2.45) is 17.6 Å². The zero-order valence-electron chi connectivity index (χ0n) is 15.5. The van der Waals surface area contributed by atoms with Gasteiger partial charge in [-0.05, 0) is 52.9 Å². The number of carboxylic acids is 1. The minimum Gasteiger partial charge on any atom is -0.481 e. The molecule has 0 aliphatic heterocycles. The molecule has 2 atom stereocenters. The molecule has 0 rings (SSSR count). The fourth-order valence-electron chi connectivity index (χ4n) is 2.54. The molecule has 3 N–H and O–H groups in total. The first kappa shape index (κ1) is 21.4. The lowest BCUT2D eigenvalue weighted by Crippen LogP contribution is -2.45. The smallest absolute Gasteiger partial charge is 0.307 e. The zero-order chi connectivity index (χ0) is 17.8. The van der Waals surface area contributed by atoms with Crippen LogP contribution in [0.5, 0.6) is 0 Å². The molecule has 0 radical (unpaired) electrons. The van der Waals surface area contributed by atoms with Gasteiger partial charge in [-0.15, -0.1) is 0 Å². The lowest BCUT2D eigenvalue weighted by molar-refractivity contribution is -0.168. The lowest BCUT2D eigenvalue weighted by Gasteiger charge is -2.41. The third-order valence-corrected chi connectivity index (χ3v) is 4.27. The van der Waals surface area contributed by atoms with Gasteiger partial charge in [-0.3, -0.25) is 4.79 Å². The first-order chi connectivity index (χ1) is 9.68. The molecule has 0 amide bonds. The average molecular weight is 317 g/mol. The second kappa shape index (κ2) is 7.75. The Morgan fingerprint density at radius 1 is 1.14 bits per heavy atom. The van der Waals surface area contributed by atoms with Crippen LogP contribution in [-0.4, -0.2) is 34.6 Å². The largest absolute Gasteiger partial charge is 0.481 e. The molecule has 0 aliphatic carbocycles. The highest BCUT2D eigenvalue weighted by Gasteiger charge is 2.35. The summed E-state index contributed by atoms with van der Waals surface area (Å²) in [6.45, 7) is 16.8. The summed E-state index contributed by atoms with van der Waals surface area (Å²) >= 11 is 0. The zero-order valence-corrected chi connectivity index (χ0v) is 15.5. The maximum absolute atomic E-state index is 10.7. The van der Waals surface area contributed by atoms with Crippen LogP contribution >= 0.6 is 0 Å².